The summed E-state index contributed by atoms with van der Waals surface area (Å²) in [5.74, 6) is 2.56. The van der Waals surface area contributed by atoms with Gasteiger partial charge in [-0.2, -0.15) is 0 Å². The molecule has 0 saturated heterocycles. The predicted molar refractivity (Wildman–Crippen MR) is 175 cm³/mol. The van der Waals surface area contributed by atoms with Crippen LogP contribution in [0.5, 0.6) is 0 Å². The van der Waals surface area contributed by atoms with Crippen molar-refractivity contribution in [3.63, 3.8) is 0 Å². The van der Waals surface area contributed by atoms with E-state index in [1.54, 1.807) is 12.5 Å². The molecule has 0 unspecified atom stereocenters. The van der Waals surface area contributed by atoms with Gasteiger partial charge in [-0.05, 0) is 24.0 Å². The van der Waals surface area contributed by atoms with Gasteiger partial charge in [-0.25, -0.2) is 15.0 Å². The quantitative estimate of drug-likeness (QED) is 0.214. The zero-order valence-electron chi connectivity index (χ0n) is 25.4. The molecule has 5 aromatic rings. The Balaban J connectivity index is 0.000000213. The van der Waals surface area contributed by atoms with Crippen molar-refractivity contribution in [2.75, 3.05) is 5.73 Å². The molecule has 0 amide bonds. The smallest absolute Gasteiger partial charge is 0.150 e. The molecule has 0 bridgehead atoms. The maximum Gasteiger partial charge on any atom is 0.150 e. The van der Waals surface area contributed by atoms with Gasteiger partial charge < -0.3 is 10.1 Å². The van der Waals surface area contributed by atoms with Crippen molar-refractivity contribution in [3.8, 4) is 22.5 Å². The molecule has 1 aliphatic carbocycles. The van der Waals surface area contributed by atoms with Crippen molar-refractivity contribution >= 4 is 22.2 Å². The lowest BCUT2D eigenvalue weighted by molar-refractivity contribution is 0.284. The zero-order valence-corrected chi connectivity index (χ0v) is 25.4. The van der Waals surface area contributed by atoms with E-state index in [2.05, 4.69) is 68.0 Å². The largest absolute Gasteiger partial charge is 0.382 e. The van der Waals surface area contributed by atoms with Crippen LogP contribution >= 0.6 is 0 Å². The molecular formula is C36H47N5. The molecule has 41 heavy (non-hydrogen) atoms. The number of unbranched alkanes of at least 4 members (excludes halogenated alkanes) is 3. The Kier molecular flexibility index (Phi) is 11.3. The molecule has 1 aliphatic rings. The Morgan fingerprint density at radius 3 is 2.22 bits per heavy atom. The Morgan fingerprint density at radius 2 is 1.54 bits per heavy atom. The topological polar surface area (TPSA) is 69.1 Å². The highest BCUT2D eigenvalue weighted by molar-refractivity contribution is 5.91. The fourth-order valence-electron chi connectivity index (χ4n) is 5.46. The van der Waals surface area contributed by atoms with Crippen LogP contribution in [0, 0.1) is 11.8 Å². The molecule has 5 nitrogen and oxygen atoms in total. The summed E-state index contributed by atoms with van der Waals surface area (Å²) in [6.45, 7) is 9.16. The molecule has 6 rings (SSSR count). The van der Waals surface area contributed by atoms with E-state index in [1.165, 1.54) is 57.8 Å². The standard InChI is InChI=1S/C21H15N5.C9H18.C6H14/c22-21-20-19(24-13-26(20)11-10-23-21)16-7-6-15-8-9-17(25-18(15)12-16)14-4-2-1-3-5-14;1-3-9-6-4-8(2)5-7-9;1-3-5-6-4-2/h1-13H,(H2,22,23);8-9H,3-7H2,1-2H3;3-6H2,1-2H3. The summed E-state index contributed by atoms with van der Waals surface area (Å²) >= 11 is 0. The van der Waals surface area contributed by atoms with Crippen LogP contribution in [0.25, 0.3) is 38.9 Å². The highest BCUT2D eigenvalue weighted by Gasteiger charge is 2.15. The molecule has 0 radical (unpaired) electrons. The number of nitrogens with two attached hydrogens (primary N) is 1. The second-order valence-electron chi connectivity index (χ2n) is 11.4. The molecule has 3 aromatic heterocycles. The molecule has 3 heterocycles. The second kappa shape index (κ2) is 15.3. The first kappa shape index (κ1) is 30.2. The van der Waals surface area contributed by atoms with Gasteiger partial charge in [0, 0.05) is 28.9 Å². The predicted octanol–water partition coefficient (Wildman–Crippen LogP) is 10.0. The molecule has 1 fully saturated rings. The van der Waals surface area contributed by atoms with E-state index in [-0.39, 0.29) is 0 Å². The normalized spacial score (nSPS) is 16.5. The van der Waals surface area contributed by atoms with Crippen LogP contribution in [0.2, 0.25) is 0 Å². The van der Waals surface area contributed by atoms with Crippen LogP contribution in [-0.4, -0.2) is 19.4 Å². The average Bonchev–Trinajstić information content (AvgIpc) is 3.47. The third-order valence-electron chi connectivity index (χ3n) is 8.18. The maximum atomic E-state index is 6.06. The molecule has 0 atom stereocenters. The number of anilines is 1. The number of aromatic nitrogens is 4. The summed E-state index contributed by atoms with van der Waals surface area (Å²) in [4.78, 5) is 13.5. The lowest BCUT2D eigenvalue weighted by Crippen LogP contribution is -2.10. The number of hydrogen-bond donors (Lipinski definition) is 1. The van der Waals surface area contributed by atoms with Gasteiger partial charge in [0.1, 0.15) is 17.7 Å². The highest BCUT2D eigenvalue weighted by Crippen LogP contribution is 2.30. The summed E-state index contributed by atoms with van der Waals surface area (Å²) in [6, 6.07) is 20.5. The van der Waals surface area contributed by atoms with Crippen LogP contribution in [0.1, 0.15) is 85.5 Å². The number of fused-ring (bicyclic) bond motifs is 2. The third kappa shape index (κ3) is 8.16. The summed E-state index contributed by atoms with van der Waals surface area (Å²) in [5, 5.41) is 1.09. The minimum atomic E-state index is 0.464. The molecule has 216 valence electrons. The highest BCUT2D eigenvalue weighted by atomic mass is 15.0. The number of nitrogens with zero attached hydrogens (tertiary/aromatic N) is 4. The number of pyridine rings is 1. The molecule has 1 saturated carbocycles. The van der Waals surface area contributed by atoms with Crippen LogP contribution in [-0.2, 0) is 0 Å². The van der Waals surface area contributed by atoms with Gasteiger partial charge in [0.2, 0.25) is 0 Å². The Morgan fingerprint density at radius 1 is 0.829 bits per heavy atom. The van der Waals surface area contributed by atoms with Crippen molar-refractivity contribution in [1.82, 2.24) is 19.4 Å². The lowest BCUT2D eigenvalue weighted by atomic mass is 9.82. The summed E-state index contributed by atoms with van der Waals surface area (Å²) < 4.78 is 1.88. The monoisotopic (exact) mass is 549 g/mol. The van der Waals surface area contributed by atoms with Gasteiger partial charge in [-0.3, -0.25) is 0 Å². The lowest BCUT2D eigenvalue weighted by Gasteiger charge is -2.24. The van der Waals surface area contributed by atoms with Crippen molar-refractivity contribution in [2.24, 2.45) is 11.8 Å². The number of nitrogen functional groups attached to an aromatic ring is 1. The van der Waals surface area contributed by atoms with Crippen LogP contribution in [0.15, 0.2) is 79.4 Å². The molecule has 0 aliphatic heterocycles. The summed E-state index contributed by atoms with van der Waals surface area (Å²) in [6.07, 6.45) is 18.2. The Labute approximate surface area is 246 Å². The minimum absolute atomic E-state index is 0.464. The number of benzene rings is 2. The van der Waals surface area contributed by atoms with Crippen molar-refractivity contribution < 1.29 is 0 Å². The number of rotatable bonds is 6. The van der Waals surface area contributed by atoms with Crippen LogP contribution < -0.4 is 5.73 Å². The first-order chi connectivity index (χ1) is 20.0. The first-order valence-corrected chi connectivity index (χ1v) is 15.6. The third-order valence-corrected chi connectivity index (χ3v) is 8.18. The Hall–Kier alpha value is -3.73. The van der Waals surface area contributed by atoms with E-state index in [0.717, 1.165) is 50.8 Å². The van der Waals surface area contributed by atoms with E-state index in [9.17, 15) is 0 Å². The van der Waals surface area contributed by atoms with Crippen molar-refractivity contribution in [2.45, 2.75) is 85.5 Å². The zero-order chi connectivity index (χ0) is 29.0. The van der Waals surface area contributed by atoms with E-state index >= 15 is 0 Å². The second-order valence-corrected chi connectivity index (χ2v) is 11.4. The average molecular weight is 550 g/mol. The van der Waals surface area contributed by atoms with Gasteiger partial charge in [-0.1, -0.05) is 134 Å². The van der Waals surface area contributed by atoms with Crippen molar-refractivity contribution in [3.05, 3.63) is 79.4 Å². The Bertz CT molecular complexity index is 1480. The van der Waals surface area contributed by atoms with Gasteiger partial charge in [0.15, 0.2) is 0 Å². The number of imidazole rings is 1. The molecule has 5 heteroatoms. The van der Waals surface area contributed by atoms with E-state index in [4.69, 9.17) is 10.7 Å². The number of hydrogen-bond acceptors (Lipinski definition) is 4. The fraction of sp³-hybridized carbons (Fsp3) is 0.417. The molecule has 0 spiro atoms. The van der Waals surface area contributed by atoms with Gasteiger partial charge in [0.05, 0.1) is 16.9 Å². The van der Waals surface area contributed by atoms with Crippen LogP contribution in [0.3, 0.4) is 0 Å². The van der Waals surface area contributed by atoms with E-state index in [1.807, 2.05) is 40.9 Å². The minimum Gasteiger partial charge on any atom is -0.382 e. The molecular weight excluding hydrogens is 502 g/mol. The fourth-order valence-corrected chi connectivity index (χ4v) is 5.46. The first-order valence-electron chi connectivity index (χ1n) is 15.6. The van der Waals surface area contributed by atoms with E-state index < -0.39 is 0 Å². The van der Waals surface area contributed by atoms with Gasteiger partial charge in [-0.15, -0.1) is 0 Å². The van der Waals surface area contributed by atoms with E-state index in [0.29, 0.717) is 5.82 Å². The summed E-state index contributed by atoms with van der Waals surface area (Å²) in [5.41, 5.74) is 11.6. The SMILES string of the molecule is CCC1CCC(C)CC1.CCCCCC.Nc1nccn2cnc(-c3ccc4ccc(-c5ccccc5)nc4c3)c12. The maximum absolute atomic E-state index is 6.06. The van der Waals surface area contributed by atoms with Gasteiger partial charge in [0.25, 0.3) is 0 Å². The molecule has 2 N–H and O–H groups in total. The molecule has 2 aromatic carbocycles. The summed E-state index contributed by atoms with van der Waals surface area (Å²) in [7, 11) is 0. The van der Waals surface area contributed by atoms with Gasteiger partial charge >= 0.3 is 0 Å². The van der Waals surface area contributed by atoms with Crippen molar-refractivity contribution in [1.29, 1.82) is 0 Å². The van der Waals surface area contributed by atoms with Crippen LogP contribution in [0.4, 0.5) is 5.82 Å².